The Bertz CT molecular complexity index is 483. The Morgan fingerprint density at radius 3 is 2.23 bits per heavy atom. The Morgan fingerprint density at radius 2 is 1.82 bits per heavy atom. The van der Waals surface area contributed by atoms with Gasteiger partial charge in [-0.3, -0.25) is 4.79 Å². The van der Waals surface area contributed by atoms with Crippen molar-refractivity contribution in [2.24, 2.45) is 5.92 Å². The molecule has 0 aliphatic carbocycles. The molecule has 0 heterocycles. The molecule has 0 spiro atoms. The van der Waals surface area contributed by atoms with Crippen molar-refractivity contribution in [1.29, 1.82) is 0 Å². The molecule has 0 aromatic heterocycles. The van der Waals surface area contributed by atoms with Crippen LogP contribution >= 0.6 is 0 Å². The molecule has 22 heavy (non-hydrogen) atoms. The van der Waals surface area contributed by atoms with Crippen LogP contribution in [0.25, 0.3) is 0 Å². The lowest BCUT2D eigenvalue weighted by Crippen LogP contribution is -2.42. The summed E-state index contributed by atoms with van der Waals surface area (Å²) in [7, 11) is 0. The third-order valence-corrected chi connectivity index (χ3v) is 4.07. The first-order chi connectivity index (χ1) is 10.3. The molecule has 1 rings (SSSR count). The van der Waals surface area contributed by atoms with Gasteiger partial charge in [-0.2, -0.15) is 0 Å². The summed E-state index contributed by atoms with van der Waals surface area (Å²) in [5.74, 6) is -2.66. The normalized spacial score (nSPS) is 16.9. The molecule has 3 atom stereocenters. The summed E-state index contributed by atoms with van der Waals surface area (Å²) in [6.45, 7) is 6.87. The first-order valence-corrected chi connectivity index (χ1v) is 7.53. The third kappa shape index (κ3) is 4.03. The largest absolute Gasteiger partial charge is 0.466 e. The highest BCUT2D eigenvalue weighted by Crippen LogP contribution is 2.35. The van der Waals surface area contributed by atoms with E-state index in [0.717, 1.165) is 12.0 Å². The van der Waals surface area contributed by atoms with Crippen molar-refractivity contribution < 1.29 is 23.4 Å². The molecule has 1 aromatic carbocycles. The average Bonchev–Trinajstić information content (AvgIpc) is 2.46. The Morgan fingerprint density at radius 1 is 1.27 bits per heavy atom. The minimum atomic E-state index is -3.01. The van der Waals surface area contributed by atoms with Gasteiger partial charge in [0.25, 0.3) is 6.43 Å². The van der Waals surface area contributed by atoms with Crippen LogP contribution in [0.15, 0.2) is 24.3 Å². The lowest BCUT2D eigenvalue weighted by Gasteiger charge is -2.31. The van der Waals surface area contributed by atoms with E-state index in [0.29, 0.717) is 5.92 Å². The molecule has 1 aromatic rings. The van der Waals surface area contributed by atoms with Crippen LogP contribution in [-0.4, -0.2) is 24.1 Å². The predicted molar refractivity (Wildman–Crippen MR) is 80.8 cm³/mol. The van der Waals surface area contributed by atoms with E-state index in [4.69, 9.17) is 0 Å². The molecular formula is C17H24F2O3. The van der Waals surface area contributed by atoms with Crippen molar-refractivity contribution in [3.8, 4) is 0 Å². The second-order valence-corrected chi connectivity index (χ2v) is 5.64. The van der Waals surface area contributed by atoms with Crippen LogP contribution in [0.4, 0.5) is 8.78 Å². The van der Waals surface area contributed by atoms with Gasteiger partial charge >= 0.3 is 5.97 Å². The highest BCUT2D eigenvalue weighted by Gasteiger charge is 2.46. The number of carbonyl (C=O) groups is 1. The Labute approximate surface area is 130 Å². The van der Waals surface area contributed by atoms with Crippen molar-refractivity contribution in [3.63, 3.8) is 0 Å². The van der Waals surface area contributed by atoms with Crippen molar-refractivity contribution >= 4 is 5.97 Å². The molecule has 0 amide bonds. The van der Waals surface area contributed by atoms with Crippen molar-refractivity contribution in [2.75, 3.05) is 6.61 Å². The van der Waals surface area contributed by atoms with Crippen LogP contribution < -0.4 is 0 Å². The fourth-order valence-corrected chi connectivity index (χ4v) is 2.37. The molecule has 3 unspecified atom stereocenters. The highest BCUT2D eigenvalue weighted by molar-refractivity contribution is 5.74. The van der Waals surface area contributed by atoms with Crippen molar-refractivity contribution in [1.82, 2.24) is 0 Å². The third-order valence-electron chi connectivity index (χ3n) is 4.07. The van der Waals surface area contributed by atoms with Gasteiger partial charge in [0, 0.05) is 0 Å². The zero-order chi connectivity index (χ0) is 16.9. The van der Waals surface area contributed by atoms with Gasteiger partial charge in [-0.05, 0) is 37.3 Å². The van der Waals surface area contributed by atoms with Gasteiger partial charge in [0.2, 0.25) is 0 Å². The SMILES string of the molecule is CCOC(=O)C(C(F)F)C(C)(O)c1ccc(C(C)CC)cc1. The first kappa shape index (κ1) is 18.6. The average molecular weight is 314 g/mol. The number of carbonyl (C=O) groups excluding carboxylic acids is 1. The molecule has 0 saturated carbocycles. The Balaban J connectivity index is 3.11. The van der Waals surface area contributed by atoms with Gasteiger partial charge < -0.3 is 9.84 Å². The maximum atomic E-state index is 13.3. The number of hydrogen-bond donors (Lipinski definition) is 1. The molecule has 124 valence electrons. The lowest BCUT2D eigenvalue weighted by molar-refractivity contribution is -0.169. The van der Waals surface area contributed by atoms with E-state index in [-0.39, 0.29) is 12.2 Å². The van der Waals surface area contributed by atoms with E-state index in [9.17, 15) is 18.7 Å². The number of rotatable bonds is 7. The summed E-state index contributed by atoms with van der Waals surface area (Å²) in [4.78, 5) is 11.8. The van der Waals surface area contributed by atoms with E-state index in [1.807, 2.05) is 0 Å². The van der Waals surface area contributed by atoms with Gasteiger partial charge in [-0.1, -0.05) is 38.1 Å². The monoisotopic (exact) mass is 314 g/mol. The van der Waals surface area contributed by atoms with E-state index in [2.05, 4.69) is 18.6 Å². The van der Waals surface area contributed by atoms with Gasteiger partial charge in [0.1, 0.15) is 11.5 Å². The summed E-state index contributed by atoms with van der Waals surface area (Å²) in [5, 5.41) is 10.5. The summed E-state index contributed by atoms with van der Waals surface area (Å²) >= 11 is 0. The van der Waals surface area contributed by atoms with Crippen LogP contribution in [0.2, 0.25) is 0 Å². The maximum absolute atomic E-state index is 13.3. The molecule has 0 aliphatic rings. The quantitative estimate of drug-likeness (QED) is 0.778. The molecule has 0 bridgehead atoms. The van der Waals surface area contributed by atoms with Crippen LogP contribution in [0.5, 0.6) is 0 Å². The molecule has 0 saturated heterocycles. The van der Waals surface area contributed by atoms with E-state index < -0.39 is 23.9 Å². The zero-order valence-corrected chi connectivity index (χ0v) is 13.5. The van der Waals surface area contributed by atoms with Crippen molar-refractivity contribution in [2.45, 2.75) is 52.1 Å². The van der Waals surface area contributed by atoms with Crippen LogP contribution in [-0.2, 0) is 15.1 Å². The number of halogens is 2. The maximum Gasteiger partial charge on any atom is 0.318 e. The number of hydrogen-bond acceptors (Lipinski definition) is 3. The van der Waals surface area contributed by atoms with E-state index in [1.54, 1.807) is 24.3 Å². The predicted octanol–water partition coefficient (Wildman–Crippen LogP) is 3.85. The Hall–Kier alpha value is -1.49. The van der Waals surface area contributed by atoms with Gasteiger partial charge in [0.15, 0.2) is 0 Å². The number of esters is 1. The summed E-state index contributed by atoms with van der Waals surface area (Å²) in [5.41, 5.74) is -0.654. The van der Waals surface area contributed by atoms with E-state index >= 15 is 0 Å². The molecule has 0 fully saturated rings. The smallest absolute Gasteiger partial charge is 0.318 e. The second-order valence-electron chi connectivity index (χ2n) is 5.64. The fourth-order valence-electron chi connectivity index (χ4n) is 2.37. The van der Waals surface area contributed by atoms with Crippen LogP contribution in [0, 0.1) is 5.92 Å². The summed E-state index contributed by atoms with van der Waals surface area (Å²) < 4.78 is 31.2. The molecule has 0 radical (unpaired) electrons. The topological polar surface area (TPSA) is 46.5 Å². The highest BCUT2D eigenvalue weighted by atomic mass is 19.3. The van der Waals surface area contributed by atoms with Gasteiger partial charge in [-0.15, -0.1) is 0 Å². The van der Waals surface area contributed by atoms with E-state index in [1.165, 1.54) is 13.8 Å². The van der Waals surface area contributed by atoms with Gasteiger partial charge in [-0.25, -0.2) is 8.78 Å². The zero-order valence-electron chi connectivity index (χ0n) is 13.5. The first-order valence-electron chi connectivity index (χ1n) is 7.53. The van der Waals surface area contributed by atoms with Crippen LogP contribution in [0.3, 0.4) is 0 Å². The Kier molecular flexibility index (Phi) is 6.48. The molecule has 3 nitrogen and oxygen atoms in total. The number of alkyl halides is 2. The lowest BCUT2D eigenvalue weighted by atomic mass is 9.82. The minimum absolute atomic E-state index is 0.00884. The summed E-state index contributed by atoms with van der Waals surface area (Å²) in [6.07, 6.45) is -2.05. The number of benzene rings is 1. The second kappa shape index (κ2) is 7.68. The number of ether oxygens (including phenoxy) is 1. The van der Waals surface area contributed by atoms with Crippen LogP contribution in [0.1, 0.15) is 51.2 Å². The minimum Gasteiger partial charge on any atom is -0.466 e. The molecule has 0 aliphatic heterocycles. The molecular weight excluding hydrogens is 290 g/mol. The van der Waals surface area contributed by atoms with Crippen molar-refractivity contribution in [3.05, 3.63) is 35.4 Å². The standard InChI is InChI=1S/C17H24F2O3/c1-5-11(3)12-7-9-13(10-8-12)17(4,21)14(15(18)19)16(20)22-6-2/h7-11,14-15,21H,5-6H2,1-4H3. The fraction of sp³-hybridized carbons (Fsp3) is 0.588. The summed E-state index contributed by atoms with van der Waals surface area (Å²) in [6, 6.07) is 6.78. The molecule has 1 N–H and O–H groups in total. The van der Waals surface area contributed by atoms with Gasteiger partial charge in [0.05, 0.1) is 6.61 Å². The number of aliphatic hydroxyl groups is 1. The molecule has 5 heteroatoms.